The van der Waals surface area contributed by atoms with Crippen molar-refractivity contribution in [1.29, 1.82) is 0 Å². The molecule has 1 atom stereocenters. The van der Waals surface area contributed by atoms with Gasteiger partial charge >= 0.3 is 0 Å². The lowest BCUT2D eigenvalue weighted by atomic mass is 9.85. The average molecular weight is 256 g/mol. The summed E-state index contributed by atoms with van der Waals surface area (Å²) in [4.78, 5) is 0. The van der Waals surface area contributed by atoms with Gasteiger partial charge in [0.1, 0.15) is 0 Å². The number of rotatable bonds is 7. The van der Waals surface area contributed by atoms with E-state index in [9.17, 15) is 5.11 Å². The first-order chi connectivity index (χ1) is 8.46. The van der Waals surface area contributed by atoms with Crippen molar-refractivity contribution in [3.63, 3.8) is 0 Å². The molecule has 0 aromatic rings. The minimum Gasteiger partial charge on any atom is -0.390 e. The minimum atomic E-state index is -0.545. The van der Waals surface area contributed by atoms with Crippen LogP contribution >= 0.6 is 0 Å². The number of methoxy groups -OCH3 is 2. The van der Waals surface area contributed by atoms with E-state index in [1.54, 1.807) is 14.2 Å². The molecular weight excluding hydrogens is 228 g/mol. The van der Waals surface area contributed by atoms with Gasteiger partial charge in [-0.3, -0.25) is 0 Å². The Morgan fingerprint density at radius 1 is 1.39 bits per heavy atom. The molecule has 18 heavy (non-hydrogen) atoms. The molecule has 0 aromatic carbocycles. The fraction of sp³-hybridized carbons (Fsp3) is 0.867. The van der Waals surface area contributed by atoms with E-state index < -0.39 is 5.60 Å². The van der Waals surface area contributed by atoms with Crippen LogP contribution in [0.1, 0.15) is 52.4 Å². The first-order valence-corrected chi connectivity index (χ1v) is 6.92. The van der Waals surface area contributed by atoms with Crippen LogP contribution in [0.15, 0.2) is 11.6 Å². The number of hydrogen-bond donors (Lipinski definition) is 1. The fourth-order valence-corrected chi connectivity index (χ4v) is 2.69. The lowest BCUT2D eigenvalue weighted by molar-refractivity contribution is -0.139. The number of allylic oxidation sites excluding steroid dienone is 2. The van der Waals surface area contributed by atoms with Gasteiger partial charge in [-0.25, -0.2) is 0 Å². The Balaban J connectivity index is 2.37. The van der Waals surface area contributed by atoms with Gasteiger partial charge in [-0.2, -0.15) is 0 Å². The monoisotopic (exact) mass is 256 g/mol. The summed E-state index contributed by atoms with van der Waals surface area (Å²) >= 11 is 0. The molecule has 0 fully saturated rings. The molecule has 1 aliphatic rings. The van der Waals surface area contributed by atoms with Gasteiger partial charge in [0.05, 0.1) is 5.60 Å². The minimum absolute atomic E-state index is 0.0806. The smallest absolute Gasteiger partial charge is 0.159 e. The molecule has 0 spiro atoms. The summed E-state index contributed by atoms with van der Waals surface area (Å²) in [5, 5.41) is 9.70. The summed E-state index contributed by atoms with van der Waals surface area (Å²) in [6.07, 6.45) is 8.58. The molecule has 0 radical (unpaired) electrons. The van der Waals surface area contributed by atoms with Gasteiger partial charge in [-0.05, 0) is 52.4 Å². The standard InChI is InChI=1S/C15H28O3/c1-15(2,16)10-6-8-12-7-5-9-13(11-12)14(17-3)18-4/h7,13-14,16H,5-6,8-11H2,1-4H3. The van der Waals surface area contributed by atoms with E-state index in [2.05, 4.69) is 6.08 Å². The quantitative estimate of drug-likeness (QED) is 0.561. The zero-order chi connectivity index (χ0) is 13.6. The Kier molecular flexibility index (Phi) is 6.33. The summed E-state index contributed by atoms with van der Waals surface area (Å²) in [6, 6.07) is 0. The maximum atomic E-state index is 9.70. The second-order valence-corrected chi connectivity index (χ2v) is 5.91. The van der Waals surface area contributed by atoms with Crippen LogP contribution in [0.25, 0.3) is 0 Å². The number of hydrogen-bond acceptors (Lipinski definition) is 3. The van der Waals surface area contributed by atoms with E-state index in [0.717, 1.165) is 38.5 Å². The normalized spacial score (nSPS) is 21.2. The van der Waals surface area contributed by atoms with E-state index in [4.69, 9.17) is 9.47 Å². The van der Waals surface area contributed by atoms with Crippen molar-refractivity contribution in [2.75, 3.05) is 14.2 Å². The molecule has 0 bridgehead atoms. The third kappa shape index (κ3) is 5.51. The molecule has 1 N–H and O–H groups in total. The van der Waals surface area contributed by atoms with Gasteiger partial charge < -0.3 is 14.6 Å². The average Bonchev–Trinajstić information content (AvgIpc) is 2.29. The predicted molar refractivity (Wildman–Crippen MR) is 73.4 cm³/mol. The van der Waals surface area contributed by atoms with Gasteiger partial charge in [0.25, 0.3) is 0 Å². The third-order valence-corrected chi connectivity index (χ3v) is 3.63. The van der Waals surface area contributed by atoms with Crippen LogP contribution in [-0.4, -0.2) is 31.2 Å². The largest absolute Gasteiger partial charge is 0.390 e. The zero-order valence-electron chi connectivity index (χ0n) is 12.2. The molecule has 0 heterocycles. The van der Waals surface area contributed by atoms with E-state index in [1.165, 1.54) is 5.57 Å². The molecule has 0 saturated heterocycles. The van der Waals surface area contributed by atoms with Crippen molar-refractivity contribution >= 4 is 0 Å². The maximum absolute atomic E-state index is 9.70. The van der Waals surface area contributed by atoms with E-state index >= 15 is 0 Å². The van der Waals surface area contributed by atoms with Crippen molar-refractivity contribution in [3.8, 4) is 0 Å². The van der Waals surface area contributed by atoms with Crippen molar-refractivity contribution in [2.24, 2.45) is 5.92 Å². The fourth-order valence-electron chi connectivity index (χ4n) is 2.69. The second-order valence-electron chi connectivity index (χ2n) is 5.91. The third-order valence-electron chi connectivity index (χ3n) is 3.63. The summed E-state index contributed by atoms with van der Waals surface area (Å²) < 4.78 is 10.7. The Bertz CT molecular complexity index is 261. The van der Waals surface area contributed by atoms with Gasteiger partial charge in [0, 0.05) is 20.1 Å². The van der Waals surface area contributed by atoms with Gasteiger partial charge in [0.15, 0.2) is 6.29 Å². The van der Waals surface area contributed by atoms with Crippen LogP contribution in [0.4, 0.5) is 0 Å². The zero-order valence-corrected chi connectivity index (χ0v) is 12.2. The molecule has 0 saturated carbocycles. The first kappa shape index (κ1) is 15.7. The topological polar surface area (TPSA) is 38.7 Å². The number of ether oxygens (including phenoxy) is 2. The van der Waals surface area contributed by atoms with Crippen LogP contribution in [0, 0.1) is 5.92 Å². The van der Waals surface area contributed by atoms with Gasteiger partial charge in [0.2, 0.25) is 0 Å². The van der Waals surface area contributed by atoms with E-state index in [0.29, 0.717) is 5.92 Å². The first-order valence-electron chi connectivity index (χ1n) is 6.92. The van der Waals surface area contributed by atoms with E-state index in [-0.39, 0.29) is 6.29 Å². The Hall–Kier alpha value is -0.380. The second kappa shape index (κ2) is 7.27. The van der Waals surface area contributed by atoms with Crippen molar-refractivity contribution in [1.82, 2.24) is 0 Å². The molecule has 1 aliphatic carbocycles. The highest BCUT2D eigenvalue weighted by Crippen LogP contribution is 2.31. The highest BCUT2D eigenvalue weighted by atomic mass is 16.7. The van der Waals surface area contributed by atoms with Gasteiger partial charge in [-0.1, -0.05) is 11.6 Å². The molecule has 0 amide bonds. The van der Waals surface area contributed by atoms with Gasteiger partial charge in [-0.15, -0.1) is 0 Å². The molecule has 0 aromatic heterocycles. The molecule has 106 valence electrons. The SMILES string of the molecule is COC(OC)C1CCC=C(CCCC(C)(C)O)C1. The summed E-state index contributed by atoms with van der Waals surface area (Å²) in [6.45, 7) is 3.74. The highest BCUT2D eigenvalue weighted by molar-refractivity contribution is 5.07. The summed E-state index contributed by atoms with van der Waals surface area (Å²) in [5.41, 5.74) is 0.950. The van der Waals surface area contributed by atoms with Crippen LogP contribution in [-0.2, 0) is 9.47 Å². The molecule has 1 rings (SSSR count). The van der Waals surface area contributed by atoms with Crippen LogP contribution in [0.2, 0.25) is 0 Å². The predicted octanol–water partition coefficient (Wildman–Crippen LogP) is 3.27. The van der Waals surface area contributed by atoms with Crippen LogP contribution in [0.3, 0.4) is 0 Å². The lowest BCUT2D eigenvalue weighted by Gasteiger charge is -2.29. The van der Waals surface area contributed by atoms with Crippen molar-refractivity contribution in [2.45, 2.75) is 64.3 Å². The molecule has 1 unspecified atom stereocenters. The molecule has 3 nitrogen and oxygen atoms in total. The Labute approximate surface area is 111 Å². The van der Waals surface area contributed by atoms with Crippen LogP contribution in [0.5, 0.6) is 0 Å². The molecule has 3 heteroatoms. The number of aliphatic hydroxyl groups is 1. The summed E-state index contributed by atoms with van der Waals surface area (Å²) in [5.74, 6) is 0.474. The Morgan fingerprint density at radius 2 is 2.06 bits per heavy atom. The Morgan fingerprint density at radius 3 is 2.61 bits per heavy atom. The lowest BCUT2D eigenvalue weighted by Crippen LogP contribution is -2.26. The summed E-state index contributed by atoms with van der Waals surface area (Å²) in [7, 11) is 3.42. The maximum Gasteiger partial charge on any atom is 0.159 e. The molecule has 0 aliphatic heterocycles. The van der Waals surface area contributed by atoms with Crippen molar-refractivity contribution in [3.05, 3.63) is 11.6 Å². The van der Waals surface area contributed by atoms with Crippen molar-refractivity contribution < 1.29 is 14.6 Å². The molecular formula is C15H28O3. The highest BCUT2D eigenvalue weighted by Gasteiger charge is 2.24. The van der Waals surface area contributed by atoms with Crippen LogP contribution < -0.4 is 0 Å². The van der Waals surface area contributed by atoms with E-state index in [1.807, 2.05) is 13.8 Å².